The van der Waals surface area contributed by atoms with Crippen LogP contribution in [-0.4, -0.2) is 37.3 Å². The van der Waals surface area contributed by atoms with Crippen LogP contribution in [0.15, 0.2) is 5.16 Å². The number of nitrogens with zero attached hydrogens (tertiary/aromatic N) is 1. The number of nitrogens with two attached hydrogens (primary N) is 1. The van der Waals surface area contributed by atoms with E-state index in [1.165, 1.54) is 0 Å². The Morgan fingerprint density at radius 3 is 2.64 bits per heavy atom. The number of methoxy groups -OCH3 is 1. The van der Waals surface area contributed by atoms with E-state index in [4.69, 9.17) is 15.7 Å². The molecule has 0 saturated heterocycles. The fraction of sp³-hybridized carbons (Fsp3) is 0.889. The highest BCUT2D eigenvalue weighted by Crippen LogP contribution is 2.01. The van der Waals surface area contributed by atoms with E-state index in [1.54, 1.807) is 7.11 Å². The average Bonchev–Trinajstić information content (AvgIpc) is 2.16. The van der Waals surface area contributed by atoms with Gasteiger partial charge in [0.1, 0.15) is 5.84 Å². The van der Waals surface area contributed by atoms with Crippen LogP contribution in [0.5, 0.6) is 0 Å². The van der Waals surface area contributed by atoms with Crippen LogP contribution >= 0.6 is 0 Å². The molecule has 1 atom stereocenters. The van der Waals surface area contributed by atoms with Gasteiger partial charge in [-0.15, -0.1) is 0 Å². The minimum Gasteiger partial charge on any atom is -0.409 e. The van der Waals surface area contributed by atoms with Gasteiger partial charge in [-0.3, -0.25) is 0 Å². The molecule has 0 aromatic heterocycles. The maximum atomic E-state index is 8.32. The van der Waals surface area contributed by atoms with Gasteiger partial charge in [0.2, 0.25) is 0 Å². The summed E-state index contributed by atoms with van der Waals surface area (Å²) in [4.78, 5) is 0. The summed E-state index contributed by atoms with van der Waals surface area (Å²) in [5.41, 5.74) is 5.34. The molecular weight excluding hydrogens is 182 g/mol. The van der Waals surface area contributed by atoms with Gasteiger partial charge >= 0.3 is 0 Å². The lowest BCUT2D eigenvalue weighted by molar-refractivity contribution is 0.148. The lowest BCUT2D eigenvalue weighted by Crippen LogP contribution is -2.39. The summed E-state index contributed by atoms with van der Waals surface area (Å²) in [6.07, 6.45) is 0.545. The van der Waals surface area contributed by atoms with Crippen LogP contribution in [0.4, 0.5) is 0 Å². The van der Waals surface area contributed by atoms with E-state index in [2.05, 4.69) is 24.3 Å². The molecule has 0 radical (unpaired) electrons. The normalized spacial score (nSPS) is 14.7. The quantitative estimate of drug-likeness (QED) is 0.242. The zero-order chi connectivity index (χ0) is 11.0. The predicted molar refractivity (Wildman–Crippen MR) is 56.5 cm³/mol. The molecule has 0 aromatic carbocycles. The van der Waals surface area contributed by atoms with Crippen LogP contribution in [-0.2, 0) is 4.74 Å². The number of ether oxygens (including phenoxy) is 1. The average molecular weight is 203 g/mol. The first-order chi connectivity index (χ1) is 6.61. The van der Waals surface area contributed by atoms with Gasteiger partial charge < -0.3 is 21.0 Å². The molecule has 0 saturated carbocycles. The second kappa shape index (κ2) is 7.58. The molecule has 5 heteroatoms. The molecule has 0 aliphatic carbocycles. The van der Waals surface area contributed by atoms with E-state index in [-0.39, 0.29) is 5.84 Å². The molecule has 0 aliphatic rings. The van der Waals surface area contributed by atoms with Gasteiger partial charge in [0.25, 0.3) is 0 Å². The van der Waals surface area contributed by atoms with Gasteiger partial charge in [-0.2, -0.15) is 0 Å². The molecule has 0 aromatic rings. The molecule has 0 bridgehead atoms. The highest BCUT2D eigenvalue weighted by Gasteiger charge is 2.11. The Balaban J connectivity index is 3.71. The molecular formula is C9H21N3O2. The van der Waals surface area contributed by atoms with Crippen molar-refractivity contribution in [2.45, 2.75) is 26.3 Å². The maximum Gasteiger partial charge on any atom is 0.140 e. The number of hydrogen-bond donors (Lipinski definition) is 3. The molecule has 0 amide bonds. The zero-order valence-corrected chi connectivity index (χ0v) is 9.16. The largest absolute Gasteiger partial charge is 0.409 e. The highest BCUT2D eigenvalue weighted by atomic mass is 16.5. The summed E-state index contributed by atoms with van der Waals surface area (Å²) < 4.78 is 5.08. The van der Waals surface area contributed by atoms with E-state index < -0.39 is 0 Å². The molecule has 84 valence electrons. The lowest BCUT2D eigenvalue weighted by atomic mass is 10.1. The third-order valence-electron chi connectivity index (χ3n) is 2.07. The van der Waals surface area contributed by atoms with Crippen molar-refractivity contribution in [2.24, 2.45) is 16.8 Å². The lowest BCUT2D eigenvalue weighted by Gasteiger charge is -2.21. The van der Waals surface area contributed by atoms with E-state index >= 15 is 0 Å². The third kappa shape index (κ3) is 5.77. The van der Waals surface area contributed by atoms with Gasteiger partial charge in [0, 0.05) is 26.1 Å². The second-order valence-corrected chi connectivity index (χ2v) is 3.60. The molecule has 4 N–H and O–H groups in total. The van der Waals surface area contributed by atoms with Gasteiger partial charge in [-0.1, -0.05) is 19.0 Å². The molecule has 0 fully saturated rings. The van der Waals surface area contributed by atoms with Crippen LogP contribution < -0.4 is 11.1 Å². The molecule has 0 aliphatic heterocycles. The summed E-state index contributed by atoms with van der Waals surface area (Å²) in [5.74, 6) is 0.750. The van der Waals surface area contributed by atoms with Gasteiger partial charge in [-0.25, -0.2) is 0 Å². The number of rotatable bonds is 7. The van der Waals surface area contributed by atoms with Crippen molar-refractivity contribution in [3.63, 3.8) is 0 Å². The summed E-state index contributed by atoms with van der Waals surface area (Å²) >= 11 is 0. The van der Waals surface area contributed by atoms with Crippen molar-refractivity contribution < 1.29 is 9.94 Å². The van der Waals surface area contributed by atoms with Crippen LogP contribution in [0.3, 0.4) is 0 Å². The van der Waals surface area contributed by atoms with Crippen LogP contribution in [0, 0.1) is 5.92 Å². The maximum absolute atomic E-state index is 8.32. The van der Waals surface area contributed by atoms with E-state index in [9.17, 15) is 0 Å². The Morgan fingerprint density at radius 1 is 1.57 bits per heavy atom. The minimum atomic E-state index is 0.248. The molecule has 5 nitrogen and oxygen atoms in total. The summed E-state index contributed by atoms with van der Waals surface area (Å²) in [6, 6.07) is 0.312. The Labute approximate surface area is 85.3 Å². The molecule has 0 spiro atoms. The van der Waals surface area contributed by atoms with Gasteiger partial charge in [0.05, 0.1) is 6.61 Å². The Bertz CT molecular complexity index is 171. The van der Waals surface area contributed by atoms with Crippen molar-refractivity contribution in [1.29, 1.82) is 0 Å². The van der Waals surface area contributed by atoms with Crippen molar-refractivity contribution >= 4 is 5.84 Å². The molecule has 1 unspecified atom stereocenters. The number of nitrogens with one attached hydrogen (secondary N) is 1. The SMILES string of the molecule is COCC(NCCC(N)=NO)C(C)C. The van der Waals surface area contributed by atoms with Gasteiger partial charge in [-0.05, 0) is 5.92 Å². The van der Waals surface area contributed by atoms with Crippen molar-refractivity contribution in [2.75, 3.05) is 20.3 Å². The Hall–Kier alpha value is -0.810. The highest BCUT2D eigenvalue weighted by molar-refractivity contribution is 5.79. The van der Waals surface area contributed by atoms with Crippen LogP contribution in [0.25, 0.3) is 0 Å². The molecule has 0 rings (SSSR count). The van der Waals surface area contributed by atoms with Gasteiger partial charge in [0.15, 0.2) is 0 Å². The third-order valence-corrected chi connectivity index (χ3v) is 2.07. The monoisotopic (exact) mass is 203 g/mol. The van der Waals surface area contributed by atoms with E-state index in [0.717, 1.165) is 0 Å². The second-order valence-electron chi connectivity index (χ2n) is 3.60. The topological polar surface area (TPSA) is 79.9 Å². The summed E-state index contributed by atoms with van der Waals surface area (Å²) in [7, 11) is 1.68. The van der Waals surface area contributed by atoms with Crippen molar-refractivity contribution in [3.05, 3.63) is 0 Å². The Morgan fingerprint density at radius 2 is 2.21 bits per heavy atom. The first-order valence-corrected chi connectivity index (χ1v) is 4.80. The zero-order valence-electron chi connectivity index (χ0n) is 9.16. The van der Waals surface area contributed by atoms with Crippen molar-refractivity contribution in [1.82, 2.24) is 5.32 Å². The minimum absolute atomic E-state index is 0.248. The Kier molecular flexibility index (Phi) is 7.14. The number of oxime groups is 1. The van der Waals surface area contributed by atoms with E-state index in [1.807, 2.05) is 0 Å². The smallest absolute Gasteiger partial charge is 0.140 e. The predicted octanol–water partition coefficient (Wildman–Crippen LogP) is 0.384. The molecule has 0 heterocycles. The van der Waals surface area contributed by atoms with Crippen LogP contribution in [0.1, 0.15) is 20.3 Å². The fourth-order valence-electron chi connectivity index (χ4n) is 1.10. The van der Waals surface area contributed by atoms with E-state index in [0.29, 0.717) is 31.5 Å². The van der Waals surface area contributed by atoms with Crippen molar-refractivity contribution in [3.8, 4) is 0 Å². The summed E-state index contributed by atoms with van der Waals surface area (Å²) in [5, 5.41) is 14.5. The first kappa shape index (κ1) is 13.2. The standard InChI is InChI=1S/C9H21N3O2/c1-7(2)8(6-14-3)11-5-4-9(10)12-13/h7-8,11,13H,4-6H2,1-3H3,(H2,10,12). The van der Waals surface area contributed by atoms with Crippen LogP contribution in [0.2, 0.25) is 0 Å². The summed E-state index contributed by atoms with van der Waals surface area (Å²) in [6.45, 7) is 5.62. The number of hydrogen-bond acceptors (Lipinski definition) is 4. The first-order valence-electron chi connectivity index (χ1n) is 4.80. The number of amidine groups is 1. The molecule has 14 heavy (non-hydrogen) atoms. The fourth-order valence-corrected chi connectivity index (χ4v) is 1.10.